The van der Waals surface area contributed by atoms with Gasteiger partial charge in [-0.05, 0) is 31.1 Å². The van der Waals surface area contributed by atoms with Crippen LogP contribution in [0, 0.1) is 11.8 Å². The summed E-state index contributed by atoms with van der Waals surface area (Å²) in [5.41, 5.74) is 0. The van der Waals surface area contributed by atoms with E-state index in [1.165, 1.54) is 148 Å². The molecule has 0 aliphatic rings. The molecule has 55 heavy (non-hydrogen) atoms. The third kappa shape index (κ3) is 43.4. The van der Waals surface area contributed by atoms with E-state index in [1.807, 2.05) is 0 Å². The number of hydrogen-bond donors (Lipinski definition) is 0. The smallest absolute Gasteiger partial charge is 0.306 e. The van der Waals surface area contributed by atoms with Crippen LogP contribution in [0.1, 0.15) is 266 Å². The highest BCUT2D eigenvalue weighted by molar-refractivity contribution is 5.71. The summed E-state index contributed by atoms with van der Waals surface area (Å²) in [5.74, 6) is 0.783. The number of rotatable bonds is 43. The van der Waals surface area contributed by atoms with Crippen molar-refractivity contribution in [3.05, 3.63) is 0 Å². The molecule has 0 aliphatic carbocycles. The summed E-state index contributed by atoms with van der Waals surface area (Å²) in [7, 11) is 0. The van der Waals surface area contributed by atoms with E-state index in [4.69, 9.17) is 14.2 Å². The molecular weight excluding hydrogens is 685 g/mol. The molecule has 0 saturated carbocycles. The number of unbranched alkanes of at least 4 members (excludes halogenated alkanes) is 28. The molecule has 0 aromatic heterocycles. The zero-order valence-corrected chi connectivity index (χ0v) is 37.6. The van der Waals surface area contributed by atoms with Gasteiger partial charge in [-0.15, -0.1) is 0 Å². The molecule has 0 aromatic carbocycles. The van der Waals surface area contributed by atoms with Gasteiger partial charge in [0.05, 0.1) is 0 Å². The summed E-state index contributed by atoms with van der Waals surface area (Å²) in [6, 6.07) is 0. The van der Waals surface area contributed by atoms with Crippen molar-refractivity contribution < 1.29 is 28.6 Å². The van der Waals surface area contributed by atoms with Crippen LogP contribution in [-0.4, -0.2) is 37.2 Å². The number of esters is 3. The number of carbonyl (C=O) groups excluding carboxylic acids is 3. The predicted octanol–water partition coefficient (Wildman–Crippen LogP) is 15.4. The molecule has 0 heterocycles. The molecule has 0 amide bonds. The standard InChI is InChI=1S/C49H94O6/c1-6-7-8-27-34-39-47(50)53-42-46(55-49(52)41-36-31-26-22-21-24-29-33-38-45(4)5)43-54-48(51)40-35-30-25-20-18-16-14-12-10-9-11-13-15-17-19-23-28-32-37-44(2)3/h44-46H,6-43H2,1-5H3/t46-/m1/s1. The molecule has 0 fully saturated rings. The van der Waals surface area contributed by atoms with Crippen molar-refractivity contribution in [1.29, 1.82) is 0 Å². The average molecular weight is 779 g/mol. The van der Waals surface area contributed by atoms with Gasteiger partial charge in [0.25, 0.3) is 0 Å². The average Bonchev–Trinajstić information content (AvgIpc) is 3.15. The minimum absolute atomic E-state index is 0.0656. The maximum atomic E-state index is 12.6. The van der Waals surface area contributed by atoms with Gasteiger partial charge in [-0.2, -0.15) is 0 Å². The lowest BCUT2D eigenvalue weighted by molar-refractivity contribution is -0.167. The van der Waals surface area contributed by atoms with Crippen LogP contribution in [-0.2, 0) is 28.6 Å². The molecular formula is C49H94O6. The van der Waals surface area contributed by atoms with Crippen LogP contribution in [0.3, 0.4) is 0 Å². The molecule has 0 radical (unpaired) electrons. The van der Waals surface area contributed by atoms with Crippen molar-refractivity contribution in [2.75, 3.05) is 13.2 Å². The fraction of sp³-hybridized carbons (Fsp3) is 0.939. The Morgan fingerprint density at radius 3 is 0.891 bits per heavy atom. The van der Waals surface area contributed by atoms with Crippen LogP contribution in [0.4, 0.5) is 0 Å². The molecule has 0 saturated heterocycles. The van der Waals surface area contributed by atoms with E-state index in [0.29, 0.717) is 19.3 Å². The second-order valence-electron chi connectivity index (χ2n) is 17.7. The van der Waals surface area contributed by atoms with Gasteiger partial charge in [-0.3, -0.25) is 14.4 Å². The van der Waals surface area contributed by atoms with Crippen molar-refractivity contribution >= 4 is 17.9 Å². The summed E-state index contributed by atoms with van der Waals surface area (Å²) in [6.45, 7) is 11.3. The van der Waals surface area contributed by atoms with Gasteiger partial charge in [0, 0.05) is 19.3 Å². The van der Waals surface area contributed by atoms with Crippen molar-refractivity contribution in [1.82, 2.24) is 0 Å². The Kier molecular flexibility index (Phi) is 40.8. The van der Waals surface area contributed by atoms with E-state index in [9.17, 15) is 14.4 Å². The molecule has 6 nitrogen and oxygen atoms in total. The Hall–Kier alpha value is -1.59. The fourth-order valence-corrected chi connectivity index (χ4v) is 7.28. The third-order valence-electron chi connectivity index (χ3n) is 11.0. The minimum Gasteiger partial charge on any atom is -0.462 e. The van der Waals surface area contributed by atoms with Crippen molar-refractivity contribution in [2.45, 2.75) is 272 Å². The van der Waals surface area contributed by atoms with Gasteiger partial charge in [-0.1, -0.05) is 227 Å². The number of carbonyl (C=O) groups is 3. The van der Waals surface area contributed by atoms with E-state index < -0.39 is 6.10 Å². The first kappa shape index (κ1) is 53.4. The van der Waals surface area contributed by atoms with Gasteiger partial charge in [0.15, 0.2) is 6.10 Å². The third-order valence-corrected chi connectivity index (χ3v) is 11.0. The first-order chi connectivity index (χ1) is 26.7. The zero-order chi connectivity index (χ0) is 40.5. The van der Waals surface area contributed by atoms with Gasteiger partial charge >= 0.3 is 17.9 Å². The molecule has 0 rings (SSSR count). The van der Waals surface area contributed by atoms with E-state index in [-0.39, 0.29) is 31.1 Å². The van der Waals surface area contributed by atoms with E-state index in [0.717, 1.165) is 76.0 Å². The number of ether oxygens (including phenoxy) is 3. The summed E-state index contributed by atoms with van der Waals surface area (Å²) >= 11 is 0. The van der Waals surface area contributed by atoms with Crippen LogP contribution in [0.25, 0.3) is 0 Å². The molecule has 1 atom stereocenters. The minimum atomic E-state index is -0.759. The van der Waals surface area contributed by atoms with Crippen molar-refractivity contribution in [3.8, 4) is 0 Å². The molecule has 6 heteroatoms. The molecule has 326 valence electrons. The summed E-state index contributed by atoms with van der Waals surface area (Å²) in [5, 5.41) is 0. The van der Waals surface area contributed by atoms with Crippen molar-refractivity contribution in [3.63, 3.8) is 0 Å². The van der Waals surface area contributed by atoms with E-state index in [2.05, 4.69) is 34.6 Å². The van der Waals surface area contributed by atoms with E-state index >= 15 is 0 Å². The maximum Gasteiger partial charge on any atom is 0.306 e. The lowest BCUT2D eigenvalue weighted by Crippen LogP contribution is -2.30. The van der Waals surface area contributed by atoms with Crippen molar-refractivity contribution in [2.24, 2.45) is 11.8 Å². The zero-order valence-electron chi connectivity index (χ0n) is 37.6. The highest BCUT2D eigenvalue weighted by atomic mass is 16.6. The Morgan fingerprint density at radius 2 is 0.600 bits per heavy atom. The van der Waals surface area contributed by atoms with E-state index in [1.54, 1.807) is 0 Å². The largest absolute Gasteiger partial charge is 0.462 e. The topological polar surface area (TPSA) is 78.9 Å². The SMILES string of the molecule is CCCCCCCC(=O)OC[C@H](COC(=O)CCCCCCCCCCCCCCCCCCCCC(C)C)OC(=O)CCCCCCCCCCC(C)C. The normalized spacial score (nSPS) is 12.1. The van der Waals surface area contributed by atoms with Gasteiger partial charge < -0.3 is 14.2 Å². The molecule has 0 aromatic rings. The lowest BCUT2D eigenvalue weighted by atomic mass is 10.0. The van der Waals surface area contributed by atoms with Gasteiger partial charge in [0.1, 0.15) is 13.2 Å². The molecule has 0 bridgehead atoms. The first-order valence-corrected chi connectivity index (χ1v) is 24.2. The maximum absolute atomic E-state index is 12.6. The second kappa shape index (κ2) is 42.0. The van der Waals surface area contributed by atoms with Crippen LogP contribution in [0.5, 0.6) is 0 Å². The monoisotopic (exact) mass is 779 g/mol. The fourth-order valence-electron chi connectivity index (χ4n) is 7.28. The predicted molar refractivity (Wildman–Crippen MR) is 233 cm³/mol. The van der Waals surface area contributed by atoms with Gasteiger partial charge in [0.2, 0.25) is 0 Å². The molecule has 0 spiro atoms. The first-order valence-electron chi connectivity index (χ1n) is 24.2. The summed E-state index contributed by atoms with van der Waals surface area (Å²) in [6.07, 6.45) is 41.3. The number of hydrogen-bond acceptors (Lipinski definition) is 6. The summed E-state index contributed by atoms with van der Waals surface area (Å²) < 4.78 is 16.6. The second-order valence-corrected chi connectivity index (χ2v) is 17.7. The van der Waals surface area contributed by atoms with Gasteiger partial charge in [-0.25, -0.2) is 0 Å². The molecule has 0 N–H and O–H groups in total. The Labute approximate surface area is 342 Å². The van der Waals surface area contributed by atoms with Crippen LogP contribution < -0.4 is 0 Å². The van der Waals surface area contributed by atoms with Crippen LogP contribution in [0.2, 0.25) is 0 Å². The summed E-state index contributed by atoms with van der Waals surface area (Å²) in [4.78, 5) is 37.5. The van der Waals surface area contributed by atoms with Crippen LogP contribution in [0.15, 0.2) is 0 Å². The quantitative estimate of drug-likeness (QED) is 0.0348. The highest BCUT2D eigenvalue weighted by Gasteiger charge is 2.19. The van der Waals surface area contributed by atoms with Crippen LogP contribution >= 0.6 is 0 Å². The Balaban J connectivity index is 4.05. The highest BCUT2D eigenvalue weighted by Crippen LogP contribution is 2.17. The Bertz CT molecular complexity index is 839. The lowest BCUT2D eigenvalue weighted by Gasteiger charge is -2.18. The molecule has 0 unspecified atom stereocenters. The molecule has 0 aliphatic heterocycles. The Morgan fingerprint density at radius 1 is 0.345 bits per heavy atom.